The lowest BCUT2D eigenvalue weighted by molar-refractivity contribution is -0.122. The number of anilines is 1. The zero-order valence-electron chi connectivity index (χ0n) is 13.1. The summed E-state index contributed by atoms with van der Waals surface area (Å²) >= 11 is 4.48. The number of amides is 1. The van der Waals surface area contributed by atoms with Gasteiger partial charge in [-0.1, -0.05) is 41.7 Å². The molecule has 2 aromatic carbocycles. The van der Waals surface area contributed by atoms with Gasteiger partial charge in [0.25, 0.3) is 5.91 Å². The molecule has 5 nitrogen and oxygen atoms in total. The van der Waals surface area contributed by atoms with Gasteiger partial charge in [0.15, 0.2) is 6.10 Å². The Morgan fingerprint density at radius 2 is 2.00 bits per heavy atom. The van der Waals surface area contributed by atoms with E-state index >= 15 is 0 Å². The van der Waals surface area contributed by atoms with Crippen LogP contribution in [0.15, 0.2) is 53.0 Å². The molecule has 1 heterocycles. The topological polar surface area (TPSA) is 64.1 Å². The summed E-state index contributed by atoms with van der Waals surface area (Å²) < 4.78 is 19.1. The highest BCUT2D eigenvalue weighted by molar-refractivity contribution is 9.10. The molecule has 0 saturated heterocycles. The summed E-state index contributed by atoms with van der Waals surface area (Å²) in [6.07, 6.45) is -0.786. The predicted octanol–water partition coefficient (Wildman–Crippen LogP) is 4.51. The number of hydrogen-bond donors (Lipinski definition) is 1. The van der Waals surface area contributed by atoms with Crippen molar-refractivity contribution in [3.63, 3.8) is 0 Å². The van der Waals surface area contributed by atoms with Crippen LogP contribution >= 0.6 is 27.3 Å². The SMILES string of the molecule is CC(Oc1ccc(F)cc1Br)C(=O)Nc1nnc(-c2ccccc2)s1. The number of hydrogen-bond acceptors (Lipinski definition) is 5. The van der Waals surface area contributed by atoms with Gasteiger partial charge in [0.1, 0.15) is 16.6 Å². The number of halogens is 2. The number of benzene rings is 2. The molecule has 8 heteroatoms. The summed E-state index contributed by atoms with van der Waals surface area (Å²) in [6.45, 7) is 1.60. The Balaban J connectivity index is 1.65. The molecular formula is C17H13BrFN3O2S. The zero-order valence-corrected chi connectivity index (χ0v) is 15.5. The van der Waals surface area contributed by atoms with Gasteiger partial charge in [-0.15, -0.1) is 10.2 Å². The van der Waals surface area contributed by atoms with Crippen LogP contribution in [0.4, 0.5) is 9.52 Å². The van der Waals surface area contributed by atoms with Crippen LogP contribution in [0.1, 0.15) is 6.92 Å². The molecule has 3 rings (SSSR count). The van der Waals surface area contributed by atoms with Gasteiger partial charge in [-0.25, -0.2) is 4.39 Å². The highest BCUT2D eigenvalue weighted by atomic mass is 79.9. The minimum atomic E-state index is -0.786. The van der Waals surface area contributed by atoms with E-state index in [1.807, 2.05) is 30.3 Å². The van der Waals surface area contributed by atoms with Crippen LogP contribution in [0.2, 0.25) is 0 Å². The van der Waals surface area contributed by atoms with E-state index < -0.39 is 11.9 Å². The van der Waals surface area contributed by atoms with Gasteiger partial charge < -0.3 is 4.74 Å². The van der Waals surface area contributed by atoms with Crippen molar-refractivity contribution in [2.45, 2.75) is 13.0 Å². The van der Waals surface area contributed by atoms with Crippen molar-refractivity contribution in [2.24, 2.45) is 0 Å². The molecule has 128 valence electrons. The number of rotatable bonds is 5. The third-order valence-electron chi connectivity index (χ3n) is 3.24. The van der Waals surface area contributed by atoms with Crippen LogP contribution in [0.25, 0.3) is 10.6 Å². The van der Waals surface area contributed by atoms with Crippen LogP contribution in [0.5, 0.6) is 5.75 Å². The second-order valence-corrected chi connectivity index (χ2v) is 6.93. The van der Waals surface area contributed by atoms with Crippen LogP contribution in [-0.4, -0.2) is 22.2 Å². The zero-order chi connectivity index (χ0) is 17.8. The molecular weight excluding hydrogens is 409 g/mol. The first kappa shape index (κ1) is 17.5. The number of aromatic nitrogens is 2. The van der Waals surface area contributed by atoms with Gasteiger partial charge in [0.2, 0.25) is 5.13 Å². The molecule has 0 aliphatic carbocycles. The average Bonchev–Trinajstić information content (AvgIpc) is 3.06. The molecule has 0 aliphatic rings. The molecule has 1 unspecified atom stereocenters. The normalized spacial score (nSPS) is 11.8. The van der Waals surface area contributed by atoms with E-state index in [0.717, 1.165) is 5.56 Å². The van der Waals surface area contributed by atoms with Gasteiger partial charge in [-0.3, -0.25) is 10.1 Å². The lowest BCUT2D eigenvalue weighted by Crippen LogP contribution is -2.30. The molecule has 0 radical (unpaired) electrons. The number of nitrogens with one attached hydrogen (secondary N) is 1. The van der Waals surface area contributed by atoms with E-state index in [4.69, 9.17) is 4.74 Å². The Morgan fingerprint density at radius 1 is 1.24 bits per heavy atom. The van der Waals surface area contributed by atoms with Gasteiger partial charge >= 0.3 is 0 Å². The van der Waals surface area contributed by atoms with E-state index in [0.29, 0.717) is 20.4 Å². The largest absolute Gasteiger partial charge is 0.480 e. The van der Waals surface area contributed by atoms with Crippen LogP contribution in [0.3, 0.4) is 0 Å². The third-order valence-corrected chi connectivity index (χ3v) is 4.75. The first-order valence-corrected chi connectivity index (χ1v) is 8.95. The Labute approximate surface area is 156 Å². The van der Waals surface area contributed by atoms with E-state index in [1.165, 1.54) is 29.5 Å². The molecule has 1 aromatic heterocycles. The van der Waals surface area contributed by atoms with Crippen molar-refractivity contribution in [3.05, 3.63) is 58.8 Å². The summed E-state index contributed by atoms with van der Waals surface area (Å²) in [4.78, 5) is 12.3. The highest BCUT2D eigenvalue weighted by Crippen LogP contribution is 2.28. The first-order valence-electron chi connectivity index (χ1n) is 7.34. The minimum Gasteiger partial charge on any atom is -0.480 e. The fourth-order valence-electron chi connectivity index (χ4n) is 1.99. The lowest BCUT2D eigenvalue weighted by atomic mass is 10.2. The Kier molecular flexibility index (Phi) is 5.40. The van der Waals surface area contributed by atoms with E-state index in [9.17, 15) is 9.18 Å². The van der Waals surface area contributed by atoms with Gasteiger partial charge in [-0.2, -0.15) is 0 Å². The maximum Gasteiger partial charge on any atom is 0.266 e. The van der Waals surface area contributed by atoms with Crippen molar-refractivity contribution in [3.8, 4) is 16.3 Å². The minimum absolute atomic E-state index is 0.369. The summed E-state index contributed by atoms with van der Waals surface area (Å²) in [6, 6.07) is 13.6. The quantitative estimate of drug-likeness (QED) is 0.657. The summed E-state index contributed by atoms with van der Waals surface area (Å²) in [5.74, 6) is -0.378. The third kappa shape index (κ3) is 4.40. The van der Waals surface area contributed by atoms with E-state index in [1.54, 1.807) is 6.92 Å². The Morgan fingerprint density at radius 3 is 2.72 bits per heavy atom. The number of ether oxygens (including phenoxy) is 1. The molecule has 0 fully saturated rings. The molecule has 3 aromatic rings. The number of nitrogens with zero attached hydrogens (tertiary/aromatic N) is 2. The van der Waals surface area contributed by atoms with Crippen molar-refractivity contribution in [2.75, 3.05) is 5.32 Å². The van der Waals surface area contributed by atoms with Gasteiger partial charge in [0, 0.05) is 5.56 Å². The summed E-state index contributed by atoms with van der Waals surface area (Å²) in [5.41, 5.74) is 0.931. The van der Waals surface area contributed by atoms with Crippen molar-refractivity contribution < 1.29 is 13.9 Å². The summed E-state index contributed by atoms with van der Waals surface area (Å²) in [7, 11) is 0. The van der Waals surface area contributed by atoms with Crippen LogP contribution in [0, 0.1) is 5.82 Å². The summed E-state index contributed by atoms with van der Waals surface area (Å²) in [5, 5.41) is 11.8. The molecule has 1 amide bonds. The smallest absolute Gasteiger partial charge is 0.266 e. The van der Waals surface area contributed by atoms with Gasteiger partial charge in [0.05, 0.1) is 4.47 Å². The van der Waals surface area contributed by atoms with Crippen molar-refractivity contribution in [1.29, 1.82) is 0 Å². The molecule has 1 atom stereocenters. The van der Waals surface area contributed by atoms with E-state index in [-0.39, 0.29) is 5.91 Å². The Hall–Kier alpha value is -2.32. The fourth-order valence-corrected chi connectivity index (χ4v) is 3.19. The molecule has 25 heavy (non-hydrogen) atoms. The standard InChI is InChI=1S/C17H13BrFN3O2S/c1-10(24-14-8-7-12(19)9-13(14)18)15(23)20-17-22-21-16(25-17)11-5-3-2-4-6-11/h2-10H,1H3,(H,20,22,23). The van der Waals surface area contributed by atoms with Gasteiger partial charge in [-0.05, 0) is 41.1 Å². The van der Waals surface area contributed by atoms with Crippen LogP contribution < -0.4 is 10.1 Å². The Bertz CT molecular complexity index is 889. The molecule has 0 aliphatic heterocycles. The lowest BCUT2D eigenvalue weighted by Gasteiger charge is -2.14. The fraction of sp³-hybridized carbons (Fsp3) is 0.118. The number of carbonyl (C=O) groups excluding carboxylic acids is 1. The van der Waals surface area contributed by atoms with Crippen molar-refractivity contribution >= 4 is 38.3 Å². The monoisotopic (exact) mass is 421 g/mol. The molecule has 0 spiro atoms. The van der Waals surface area contributed by atoms with E-state index in [2.05, 4.69) is 31.4 Å². The molecule has 0 saturated carbocycles. The molecule has 1 N–H and O–H groups in total. The van der Waals surface area contributed by atoms with Crippen molar-refractivity contribution in [1.82, 2.24) is 10.2 Å². The maximum atomic E-state index is 13.1. The molecule has 0 bridgehead atoms. The maximum absolute atomic E-state index is 13.1. The number of carbonyl (C=O) groups is 1. The highest BCUT2D eigenvalue weighted by Gasteiger charge is 2.18. The second kappa shape index (κ2) is 7.71. The first-order chi connectivity index (χ1) is 12.0. The average molecular weight is 422 g/mol. The second-order valence-electron chi connectivity index (χ2n) is 5.10. The predicted molar refractivity (Wildman–Crippen MR) is 98.2 cm³/mol. The van der Waals surface area contributed by atoms with Crippen LogP contribution in [-0.2, 0) is 4.79 Å².